The molecule has 1 fully saturated rings. The Morgan fingerprint density at radius 1 is 1.33 bits per heavy atom. The maximum Gasteiger partial charge on any atom is 0.391 e. The highest BCUT2D eigenvalue weighted by molar-refractivity contribution is 7.15. The summed E-state index contributed by atoms with van der Waals surface area (Å²) < 4.78 is 39.9. The van der Waals surface area contributed by atoms with Crippen LogP contribution < -0.4 is 5.73 Å². The minimum atomic E-state index is -4.05. The maximum atomic E-state index is 12.7. The molecule has 1 aliphatic carbocycles. The Morgan fingerprint density at radius 3 is 2.67 bits per heavy atom. The maximum absolute atomic E-state index is 12.7. The van der Waals surface area contributed by atoms with Gasteiger partial charge >= 0.3 is 6.18 Å². The molecule has 2 aromatic heterocycles. The van der Waals surface area contributed by atoms with Crippen molar-refractivity contribution in [3.05, 3.63) is 23.5 Å². The molecule has 21 heavy (non-hydrogen) atoms. The van der Waals surface area contributed by atoms with Crippen LogP contribution in [0.2, 0.25) is 0 Å². The van der Waals surface area contributed by atoms with Crippen molar-refractivity contribution in [3.63, 3.8) is 0 Å². The lowest BCUT2D eigenvalue weighted by molar-refractivity contribution is -0.184. The largest absolute Gasteiger partial charge is 0.391 e. The van der Waals surface area contributed by atoms with Crippen LogP contribution in [0.4, 0.5) is 13.2 Å². The van der Waals surface area contributed by atoms with Crippen molar-refractivity contribution in [1.29, 1.82) is 0 Å². The zero-order valence-electron chi connectivity index (χ0n) is 11.5. The van der Waals surface area contributed by atoms with E-state index in [1.54, 1.807) is 11.3 Å². The van der Waals surface area contributed by atoms with E-state index in [0.29, 0.717) is 19.3 Å². The molecule has 3 rings (SSSR count). The summed E-state index contributed by atoms with van der Waals surface area (Å²) in [5, 5.41) is 1.96. The summed E-state index contributed by atoms with van der Waals surface area (Å²) in [6.45, 7) is 0. The molecular formula is C14H18F3N3S. The lowest BCUT2D eigenvalue weighted by atomic mass is 9.77. The predicted octanol–water partition coefficient (Wildman–Crippen LogP) is 3.63. The average molecular weight is 317 g/mol. The summed E-state index contributed by atoms with van der Waals surface area (Å²) >= 11 is 1.56. The molecule has 1 aliphatic rings. The van der Waals surface area contributed by atoms with Crippen LogP contribution in [0.1, 0.15) is 31.4 Å². The van der Waals surface area contributed by atoms with E-state index in [1.165, 1.54) is 0 Å². The Morgan fingerprint density at radius 2 is 2.05 bits per heavy atom. The zero-order chi connectivity index (χ0) is 15.0. The van der Waals surface area contributed by atoms with Gasteiger partial charge in [0.25, 0.3) is 0 Å². The first-order valence-corrected chi connectivity index (χ1v) is 8.05. The van der Waals surface area contributed by atoms with Crippen molar-refractivity contribution in [1.82, 2.24) is 9.38 Å². The van der Waals surface area contributed by atoms with Gasteiger partial charge in [0.05, 0.1) is 11.6 Å². The topological polar surface area (TPSA) is 43.3 Å². The van der Waals surface area contributed by atoms with Crippen LogP contribution in [0.5, 0.6) is 0 Å². The van der Waals surface area contributed by atoms with Crippen LogP contribution in [-0.4, -0.2) is 21.6 Å². The van der Waals surface area contributed by atoms with Gasteiger partial charge < -0.3 is 5.73 Å². The van der Waals surface area contributed by atoms with Crippen LogP contribution >= 0.6 is 11.3 Å². The highest BCUT2D eigenvalue weighted by Gasteiger charge is 2.42. The minimum Gasteiger partial charge on any atom is -0.327 e. The number of rotatable bonds is 3. The fourth-order valence-electron chi connectivity index (χ4n) is 3.16. The van der Waals surface area contributed by atoms with Gasteiger partial charge in [0, 0.05) is 30.2 Å². The van der Waals surface area contributed by atoms with E-state index < -0.39 is 12.1 Å². The Labute approximate surface area is 125 Å². The highest BCUT2D eigenvalue weighted by atomic mass is 32.1. The number of nitrogens with zero attached hydrogens (tertiary/aromatic N) is 2. The average Bonchev–Trinajstić information content (AvgIpc) is 2.98. The summed E-state index contributed by atoms with van der Waals surface area (Å²) in [5.41, 5.74) is 7.12. The molecule has 0 amide bonds. The number of thiazole rings is 1. The molecule has 7 heteroatoms. The van der Waals surface area contributed by atoms with Crippen LogP contribution in [0, 0.1) is 11.8 Å². The highest BCUT2D eigenvalue weighted by Crippen LogP contribution is 2.40. The monoisotopic (exact) mass is 317 g/mol. The van der Waals surface area contributed by atoms with Crippen LogP contribution in [-0.2, 0) is 6.42 Å². The second-order valence-electron chi connectivity index (χ2n) is 5.85. The van der Waals surface area contributed by atoms with Crippen LogP contribution in [0.15, 0.2) is 17.8 Å². The Bertz CT molecular complexity index is 567. The molecule has 2 aromatic rings. The van der Waals surface area contributed by atoms with Gasteiger partial charge in [-0.05, 0) is 31.6 Å². The van der Waals surface area contributed by atoms with E-state index in [4.69, 9.17) is 5.73 Å². The first kappa shape index (κ1) is 14.8. The van der Waals surface area contributed by atoms with Gasteiger partial charge in [-0.25, -0.2) is 4.98 Å². The van der Waals surface area contributed by atoms with Crippen LogP contribution in [0.3, 0.4) is 0 Å². The molecule has 3 nitrogen and oxygen atoms in total. The molecular weight excluding hydrogens is 299 g/mol. The summed E-state index contributed by atoms with van der Waals surface area (Å²) in [7, 11) is 0. The normalized spacial score (nSPS) is 25.3. The van der Waals surface area contributed by atoms with Crippen molar-refractivity contribution >= 4 is 16.3 Å². The second kappa shape index (κ2) is 5.61. The van der Waals surface area contributed by atoms with Gasteiger partial charge in [0.15, 0.2) is 4.96 Å². The summed E-state index contributed by atoms with van der Waals surface area (Å²) in [6.07, 6.45) is 2.02. The summed E-state index contributed by atoms with van der Waals surface area (Å²) in [5.74, 6) is -0.970. The van der Waals surface area contributed by atoms with E-state index >= 15 is 0 Å². The molecule has 0 bridgehead atoms. The first-order valence-electron chi connectivity index (χ1n) is 7.17. The molecule has 0 saturated heterocycles. The Kier molecular flexibility index (Phi) is 3.96. The fraction of sp³-hybridized carbons (Fsp3) is 0.643. The molecule has 0 spiro atoms. The molecule has 2 N–H and O–H groups in total. The smallest absolute Gasteiger partial charge is 0.327 e. The molecule has 1 atom stereocenters. The predicted molar refractivity (Wildman–Crippen MR) is 76.3 cm³/mol. The number of fused-ring (bicyclic) bond motifs is 1. The number of nitrogens with two attached hydrogens (primary N) is 1. The third kappa shape index (κ3) is 3.23. The number of imidazole rings is 1. The molecule has 0 aromatic carbocycles. The first-order chi connectivity index (χ1) is 9.93. The van der Waals surface area contributed by atoms with Crippen molar-refractivity contribution in [2.75, 3.05) is 0 Å². The zero-order valence-corrected chi connectivity index (χ0v) is 12.3. The molecule has 1 saturated carbocycles. The standard InChI is InChI=1S/C14H18F3N3S/c15-14(16,17)10-3-1-9(2-4-10)12(18)7-11-8-20-5-6-21-13(20)19-11/h5-6,8-10,12H,1-4,7,18H2. The van der Waals surface area contributed by atoms with Gasteiger partial charge in [0.1, 0.15) is 0 Å². The summed E-state index contributed by atoms with van der Waals surface area (Å²) in [6, 6.07) is -0.108. The lowest BCUT2D eigenvalue weighted by Gasteiger charge is -2.32. The van der Waals surface area contributed by atoms with Gasteiger partial charge in [-0.1, -0.05) is 0 Å². The van der Waals surface area contributed by atoms with Crippen molar-refractivity contribution in [2.24, 2.45) is 17.6 Å². The van der Waals surface area contributed by atoms with Gasteiger partial charge in [-0.2, -0.15) is 13.2 Å². The number of alkyl halides is 3. The Balaban J connectivity index is 1.57. The molecule has 2 heterocycles. The van der Waals surface area contributed by atoms with Crippen molar-refractivity contribution < 1.29 is 13.2 Å². The minimum absolute atomic E-state index is 0.108. The third-order valence-corrected chi connectivity index (χ3v) is 5.20. The number of aromatic nitrogens is 2. The SMILES string of the molecule is NC(Cc1cn2ccsc2n1)C1CCC(C(F)(F)F)CC1. The Hall–Kier alpha value is -1.08. The molecule has 0 aliphatic heterocycles. The van der Waals surface area contributed by atoms with Gasteiger partial charge in [-0.15, -0.1) is 11.3 Å². The van der Waals surface area contributed by atoms with E-state index in [1.807, 2.05) is 22.2 Å². The van der Waals surface area contributed by atoms with Gasteiger partial charge in [-0.3, -0.25) is 4.40 Å². The summed E-state index contributed by atoms with van der Waals surface area (Å²) in [4.78, 5) is 5.41. The van der Waals surface area contributed by atoms with Crippen molar-refractivity contribution in [3.8, 4) is 0 Å². The lowest BCUT2D eigenvalue weighted by Crippen LogP contribution is -2.37. The van der Waals surface area contributed by atoms with E-state index in [-0.39, 0.29) is 24.8 Å². The fourth-order valence-corrected chi connectivity index (χ4v) is 3.88. The van der Waals surface area contributed by atoms with Gasteiger partial charge in [0.2, 0.25) is 0 Å². The number of hydrogen-bond donors (Lipinski definition) is 1. The quantitative estimate of drug-likeness (QED) is 0.939. The van der Waals surface area contributed by atoms with E-state index in [2.05, 4.69) is 4.98 Å². The van der Waals surface area contributed by atoms with E-state index in [0.717, 1.165) is 10.7 Å². The van der Waals surface area contributed by atoms with Crippen molar-refractivity contribution in [2.45, 2.75) is 44.3 Å². The van der Waals surface area contributed by atoms with E-state index in [9.17, 15) is 13.2 Å². The third-order valence-electron chi connectivity index (χ3n) is 4.43. The van der Waals surface area contributed by atoms with Crippen LogP contribution in [0.25, 0.3) is 4.96 Å². The number of hydrogen-bond acceptors (Lipinski definition) is 3. The molecule has 116 valence electrons. The molecule has 1 unspecified atom stereocenters. The number of halogens is 3. The second-order valence-corrected chi connectivity index (χ2v) is 6.72. The molecule has 0 radical (unpaired) electrons.